The van der Waals surface area contributed by atoms with E-state index in [1.165, 1.54) is 11.1 Å². The number of hydrogen-bond acceptors (Lipinski definition) is 6. The van der Waals surface area contributed by atoms with Gasteiger partial charge in [-0.2, -0.15) is 5.26 Å². The zero-order chi connectivity index (χ0) is 14.1. The number of carbonyl (C=O) groups excluding carboxylic acids is 1. The van der Waals surface area contributed by atoms with Gasteiger partial charge >= 0.3 is 5.24 Å². The van der Waals surface area contributed by atoms with Crippen molar-refractivity contribution in [2.75, 3.05) is 5.75 Å². The van der Waals surface area contributed by atoms with Gasteiger partial charge in [-0.25, -0.2) is 13.1 Å². The van der Waals surface area contributed by atoms with Crippen LogP contribution in [0.5, 0.6) is 0 Å². The first kappa shape index (κ1) is 13.5. The maximum atomic E-state index is 11.2. The van der Waals surface area contributed by atoms with Gasteiger partial charge in [0, 0.05) is 6.42 Å². The number of nitrogens with two attached hydrogens (primary N) is 1. The Bertz CT molecular complexity index is 638. The van der Waals surface area contributed by atoms with Crippen molar-refractivity contribution in [1.29, 1.82) is 5.26 Å². The Labute approximate surface area is 110 Å². The van der Waals surface area contributed by atoms with Crippen molar-refractivity contribution < 1.29 is 13.2 Å². The lowest BCUT2D eigenvalue weighted by Gasteiger charge is -2.02. The topological polar surface area (TPSA) is 132 Å². The number of nitriles is 1. The van der Waals surface area contributed by atoms with Gasteiger partial charge in [0.25, 0.3) is 0 Å². The normalized spacial score (nSPS) is 16.8. The van der Waals surface area contributed by atoms with Gasteiger partial charge < -0.3 is 5.73 Å². The molecule has 0 atom stereocenters. The number of rotatable bonds is 5. The zero-order valence-corrected chi connectivity index (χ0v) is 10.8. The fourth-order valence-corrected chi connectivity index (χ4v) is 2.18. The summed E-state index contributed by atoms with van der Waals surface area (Å²) in [7, 11) is -3.88. The van der Waals surface area contributed by atoms with Crippen LogP contribution in [0.3, 0.4) is 0 Å². The van der Waals surface area contributed by atoms with Gasteiger partial charge in [0.1, 0.15) is 0 Å². The number of amides is 1. The lowest BCUT2D eigenvalue weighted by molar-refractivity contribution is 0.265. The second-order valence-electron chi connectivity index (χ2n) is 4.36. The molecule has 0 bridgehead atoms. The summed E-state index contributed by atoms with van der Waals surface area (Å²) in [5, 5.41) is 15.3. The van der Waals surface area contributed by atoms with Crippen molar-refractivity contribution >= 4 is 15.1 Å². The third-order valence-electron chi connectivity index (χ3n) is 2.93. The van der Waals surface area contributed by atoms with E-state index in [1.54, 1.807) is 6.20 Å². The Morgan fingerprint density at radius 3 is 2.84 bits per heavy atom. The van der Waals surface area contributed by atoms with E-state index < -0.39 is 20.6 Å². The Kier molecular flexibility index (Phi) is 3.28. The Hall–Kier alpha value is -1.95. The number of carbonyl (C=O) groups is 1. The van der Waals surface area contributed by atoms with Gasteiger partial charge in [-0.1, -0.05) is 5.21 Å². The van der Waals surface area contributed by atoms with Crippen LogP contribution in [0.4, 0.5) is 4.79 Å². The maximum Gasteiger partial charge on any atom is 0.333 e. The smallest absolute Gasteiger partial charge is 0.333 e. The van der Waals surface area contributed by atoms with Gasteiger partial charge in [0.2, 0.25) is 9.84 Å². The molecule has 0 aliphatic heterocycles. The number of sulfone groups is 1. The zero-order valence-electron chi connectivity index (χ0n) is 9.98. The SMILES string of the molecule is N#CC1(n2cc([CH]CCS(=O)(=O)C(N)=O)nn2)CC1. The van der Waals surface area contributed by atoms with Crippen LogP contribution in [0.2, 0.25) is 0 Å². The molecule has 2 rings (SSSR count). The molecular weight excluding hydrogens is 270 g/mol. The summed E-state index contributed by atoms with van der Waals surface area (Å²) in [6, 6.07) is 2.17. The predicted octanol–water partition coefficient (Wildman–Crippen LogP) is -0.273. The quantitative estimate of drug-likeness (QED) is 0.790. The van der Waals surface area contributed by atoms with Crippen LogP contribution in [0.15, 0.2) is 6.20 Å². The van der Waals surface area contributed by atoms with E-state index in [0.717, 1.165) is 12.8 Å². The minimum Gasteiger partial charge on any atom is -0.356 e. The van der Waals surface area contributed by atoms with Crippen molar-refractivity contribution in [3.05, 3.63) is 18.3 Å². The Morgan fingerprint density at radius 1 is 1.63 bits per heavy atom. The minimum absolute atomic E-state index is 0.115. The minimum atomic E-state index is -3.88. The fourth-order valence-electron chi connectivity index (χ4n) is 1.55. The van der Waals surface area contributed by atoms with Crippen LogP contribution >= 0.6 is 0 Å². The lowest BCUT2D eigenvalue weighted by atomic mass is 10.2. The number of aromatic nitrogens is 3. The highest BCUT2D eigenvalue weighted by atomic mass is 32.2. The Morgan fingerprint density at radius 2 is 2.32 bits per heavy atom. The standard InChI is InChI=1S/C10H12N5O3S/c11-7-10(3-4-10)15-6-8(13-14-15)2-1-5-19(17,18)9(12)16/h2,6H,1,3-5H2,(H2,12,16). The van der Waals surface area contributed by atoms with Crippen molar-refractivity contribution in [3.8, 4) is 6.07 Å². The molecule has 2 N–H and O–H groups in total. The average Bonchev–Trinajstić information content (AvgIpc) is 3.02. The van der Waals surface area contributed by atoms with Crippen molar-refractivity contribution in [3.63, 3.8) is 0 Å². The first-order valence-corrected chi connectivity index (χ1v) is 7.24. The van der Waals surface area contributed by atoms with E-state index in [-0.39, 0.29) is 12.2 Å². The number of primary amides is 1. The van der Waals surface area contributed by atoms with Crippen LogP contribution in [0.25, 0.3) is 0 Å². The molecule has 1 amide bonds. The molecule has 19 heavy (non-hydrogen) atoms. The first-order valence-electron chi connectivity index (χ1n) is 5.59. The third-order valence-corrected chi connectivity index (χ3v) is 4.31. The van der Waals surface area contributed by atoms with Gasteiger partial charge in [0.05, 0.1) is 23.7 Å². The molecule has 1 heterocycles. The summed E-state index contributed by atoms with van der Waals surface area (Å²) in [5.41, 5.74) is 4.62. The first-order chi connectivity index (χ1) is 8.89. The molecule has 1 aromatic heterocycles. The summed E-state index contributed by atoms with van der Waals surface area (Å²) < 4.78 is 23.8. The van der Waals surface area contributed by atoms with Gasteiger partial charge in [-0.15, -0.1) is 5.10 Å². The molecule has 1 fully saturated rings. The summed E-state index contributed by atoms with van der Waals surface area (Å²) in [6.45, 7) is 0. The molecular formula is C10H12N5O3S. The van der Waals surface area contributed by atoms with E-state index in [2.05, 4.69) is 16.4 Å². The van der Waals surface area contributed by atoms with Crippen molar-refractivity contribution in [1.82, 2.24) is 15.0 Å². The van der Waals surface area contributed by atoms with Gasteiger partial charge in [-0.3, -0.25) is 4.79 Å². The fraction of sp³-hybridized carbons (Fsp3) is 0.500. The van der Waals surface area contributed by atoms with Crippen LogP contribution < -0.4 is 5.73 Å². The van der Waals surface area contributed by atoms with Gasteiger partial charge in [-0.05, 0) is 19.3 Å². The summed E-state index contributed by atoms with van der Waals surface area (Å²) in [6.07, 6.45) is 4.72. The number of hydrogen-bond donors (Lipinski definition) is 1. The molecule has 1 aromatic rings. The molecule has 8 nitrogen and oxygen atoms in total. The molecule has 101 valence electrons. The van der Waals surface area contributed by atoms with Crippen molar-refractivity contribution in [2.24, 2.45) is 5.73 Å². The molecule has 1 radical (unpaired) electrons. The molecule has 0 unspecified atom stereocenters. The molecule has 0 aromatic carbocycles. The molecule has 1 aliphatic carbocycles. The monoisotopic (exact) mass is 282 g/mol. The second kappa shape index (κ2) is 4.62. The van der Waals surface area contributed by atoms with E-state index in [1.807, 2.05) is 0 Å². The maximum absolute atomic E-state index is 11.2. The van der Waals surface area contributed by atoms with Crippen molar-refractivity contribution in [2.45, 2.75) is 24.8 Å². The third kappa shape index (κ3) is 2.73. The molecule has 1 saturated carbocycles. The predicted molar refractivity (Wildman–Crippen MR) is 64.2 cm³/mol. The van der Waals surface area contributed by atoms with Crippen LogP contribution in [0, 0.1) is 17.8 Å². The van der Waals surface area contributed by atoms with E-state index in [9.17, 15) is 13.2 Å². The van der Waals surface area contributed by atoms with E-state index >= 15 is 0 Å². The summed E-state index contributed by atoms with van der Waals surface area (Å²) in [4.78, 5) is 10.6. The van der Waals surface area contributed by atoms with Crippen LogP contribution in [0.1, 0.15) is 25.0 Å². The molecule has 1 aliphatic rings. The largest absolute Gasteiger partial charge is 0.356 e. The summed E-state index contributed by atoms with van der Waals surface area (Å²) in [5.74, 6) is -0.363. The van der Waals surface area contributed by atoms with Gasteiger partial charge in [0.15, 0.2) is 5.54 Å². The average molecular weight is 282 g/mol. The molecule has 0 spiro atoms. The van der Waals surface area contributed by atoms with E-state index in [0.29, 0.717) is 5.69 Å². The molecule has 0 saturated heterocycles. The number of nitrogens with zero attached hydrogens (tertiary/aromatic N) is 4. The van der Waals surface area contributed by atoms with E-state index in [4.69, 9.17) is 11.0 Å². The lowest BCUT2D eigenvalue weighted by Crippen LogP contribution is -2.24. The highest BCUT2D eigenvalue weighted by Crippen LogP contribution is 2.41. The highest BCUT2D eigenvalue weighted by Gasteiger charge is 2.46. The van der Waals surface area contributed by atoms with Crippen LogP contribution in [-0.2, 0) is 15.4 Å². The van der Waals surface area contributed by atoms with Crippen LogP contribution in [-0.4, -0.2) is 34.4 Å². The molecule has 9 heteroatoms. The second-order valence-corrected chi connectivity index (χ2v) is 6.40. The Balaban J connectivity index is 1.92. The summed E-state index contributed by atoms with van der Waals surface area (Å²) >= 11 is 0. The highest BCUT2D eigenvalue weighted by molar-refractivity contribution is 8.05.